The largest absolute Gasteiger partial charge is 0.316 e. The van der Waals surface area contributed by atoms with E-state index in [1.54, 1.807) is 0 Å². The molecule has 100 valence electrons. The molecule has 1 aromatic rings. The molecule has 2 nitrogen and oxygen atoms in total. The molecule has 0 unspecified atom stereocenters. The highest BCUT2D eigenvalue weighted by Crippen LogP contribution is 2.30. The standard InChI is InChI=1S/C16H26N2/c1-13(2)18(11-14-7-8-14)12-16-6-4-5-15(9-16)10-17-3/h4-6,9,13-14,17H,7-8,10-12H2,1-3H3. The molecule has 1 aliphatic carbocycles. The van der Waals surface area contributed by atoms with Crippen LogP contribution in [-0.4, -0.2) is 24.5 Å². The van der Waals surface area contributed by atoms with Crippen LogP contribution >= 0.6 is 0 Å². The Labute approximate surface area is 111 Å². The molecule has 18 heavy (non-hydrogen) atoms. The van der Waals surface area contributed by atoms with Crippen molar-refractivity contribution >= 4 is 0 Å². The number of nitrogens with zero attached hydrogens (tertiary/aromatic N) is 1. The minimum Gasteiger partial charge on any atom is -0.316 e. The number of nitrogens with one attached hydrogen (secondary N) is 1. The fourth-order valence-corrected chi connectivity index (χ4v) is 2.37. The van der Waals surface area contributed by atoms with Gasteiger partial charge in [-0.05, 0) is 50.8 Å². The summed E-state index contributed by atoms with van der Waals surface area (Å²) in [7, 11) is 2.00. The van der Waals surface area contributed by atoms with Gasteiger partial charge in [-0.2, -0.15) is 0 Å². The van der Waals surface area contributed by atoms with Gasteiger partial charge in [0.25, 0.3) is 0 Å². The van der Waals surface area contributed by atoms with Crippen LogP contribution in [0.4, 0.5) is 0 Å². The van der Waals surface area contributed by atoms with Crippen LogP contribution in [0.2, 0.25) is 0 Å². The second-order valence-corrected chi connectivity index (χ2v) is 5.82. The van der Waals surface area contributed by atoms with Crippen LogP contribution in [0.5, 0.6) is 0 Å². The molecule has 0 atom stereocenters. The van der Waals surface area contributed by atoms with Crippen molar-refractivity contribution in [1.82, 2.24) is 10.2 Å². The van der Waals surface area contributed by atoms with E-state index in [2.05, 4.69) is 48.3 Å². The van der Waals surface area contributed by atoms with E-state index in [-0.39, 0.29) is 0 Å². The monoisotopic (exact) mass is 246 g/mol. The van der Waals surface area contributed by atoms with Crippen molar-refractivity contribution in [3.05, 3.63) is 35.4 Å². The summed E-state index contributed by atoms with van der Waals surface area (Å²) < 4.78 is 0. The van der Waals surface area contributed by atoms with E-state index >= 15 is 0 Å². The third-order valence-electron chi connectivity index (χ3n) is 3.68. The lowest BCUT2D eigenvalue weighted by atomic mass is 10.1. The van der Waals surface area contributed by atoms with Gasteiger partial charge in [-0.3, -0.25) is 4.90 Å². The van der Waals surface area contributed by atoms with Crippen molar-refractivity contribution in [2.75, 3.05) is 13.6 Å². The summed E-state index contributed by atoms with van der Waals surface area (Å²) in [6.07, 6.45) is 2.87. The van der Waals surface area contributed by atoms with Gasteiger partial charge in [-0.1, -0.05) is 24.3 Å². The third kappa shape index (κ3) is 4.11. The Morgan fingerprint density at radius 1 is 1.28 bits per heavy atom. The van der Waals surface area contributed by atoms with Crippen molar-refractivity contribution in [1.29, 1.82) is 0 Å². The molecule has 1 saturated carbocycles. The number of benzene rings is 1. The van der Waals surface area contributed by atoms with Crippen LogP contribution in [0.1, 0.15) is 37.8 Å². The zero-order valence-corrected chi connectivity index (χ0v) is 11.9. The van der Waals surface area contributed by atoms with E-state index in [1.807, 2.05) is 7.05 Å². The SMILES string of the molecule is CNCc1cccc(CN(CC2CC2)C(C)C)c1. The van der Waals surface area contributed by atoms with E-state index in [4.69, 9.17) is 0 Å². The predicted octanol–water partition coefficient (Wildman–Crippen LogP) is 3.03. The second kappa shape index (κ2) is 6.35. The maximum atomic E-state index is 3.22. The summed E-state index contributed by atoms with van der Waals surface area (Å²) in [6, 6.07) is 9.59. The first kappa shape index (κ1) is 13.6. The van der Waals surface area contributed by atoms with Gasteiger partial charge in [0.2, 0.25) is 0 Å². The molecule has 0 saturated heterocycles. The predicted molar refractivity (Wildman–Crippen MR) is 77.5 cm³/mol. The highest BCUT2D eigenvalue weighted by Gasteiger charge is 2.25. The molecule has 1 aromatic carbocycles. The molecular formula is C16H26N2. The Hall–Kier alpha value is -0.860. The van der Waals surface area contributed by atoms with Gasteiger partial charge in [0, 0.05) is 25.7 Å². The third-order valence-corrected chi connectivity index (χ3v) is 3.68. The summed E-state index contributed by atoms with van der Waals surface area (Å²) in [5.74, 6) is 0.966. The quantitative estimate of drug-likeness (QED) is 0.795. The molecule has 1 N–H and O–H groups in total. The zero-order chi connectivity index (χ0) is 13.0. The first-order chi connectivity index (χ1) is 8.69. The van der Waals surface area contributed by atoms with E-state index in [0.29, 0.717) is 6.04 Å². The molecule has 0 aromatic heterocycles. The summed E-state index contributed by atoms with van der Waals surface area (Å²) in [5.41, 5.74) is 2.82. The van der Waals surface area contributed by atoms with E-state index in [9.17, 15) is 0 Å². The van der Waals surface area contributed by atoms with E-state index in [1.165, 1.54) is 30.5 Å². The van der Waals surface area contributed by atoms with E-state index < -0.39 is 0 Å². The molecule has 0 amide bonds. The van der Waals surface area contributed by atoms with Crippen molar-refractivity contribution in [3.8, 4) is 0 Å². The minimum absolute atomic E-state index is 0.638. The lowest BCUT2D eigenvalue weighted by Crippen LogP contribution is -2.32. The molecule has 1 aliphatic rings. The fourth-order valence-electron chi connectivity index (χ4n) is 2.37. The van der Waals surface area contributed by atoms with Crippen molar-refractivity contribution < 1.29 is 0 Å². The smallest absolute Gasteiger partial charge is 0.0236 e. The van der Waals surface area contributed by atoms with Gasteiger partial charge in [0.1, 0.15) is 0 Å². The van der Waals surface area contributed by atoms with Gasteiger partial charge in [-0.15, -0.1) is 0 Å². The highest BCUT2D eigenvalue weighted by molar-refractivity contribution is 5.23. The van der Waals surface area contributed by atoms with Crippen LogP contribution in [0.15, 0.2) is 24.3 Å². The van der Waals surface area contributed by atoms with Crippen molar-refractivity contribution in [3.63, 3.8) is 0 Å². The van der Waals surface area contributed by atoms with Gasteiger partial charge in [-0.25, -0.2) is 0 Å². The van der Waals surface area contributed by atoms with Gasteiger partial charge in [0.05, 0.1) is 0 Å². The maximum absolute atomic E-state index is 3.22. The second-order valence-electron chi connectivity index (χ2n) is 5.82. The van der Waals surface area contributed by atoms with Crippen LogP contribution in [0, 0.1) is 5.92 Å². The lowest BCUT2D eigenvalue weighted by Gasteiger charge is -2.26. The van der Waals surface area contributed by atoms with Crippen LogP contribution < -0.4 is 5.32 Å². The Kier molecular flexibility index (Phi) is 4.79. The highest BCUT2D eigenvalue weighted by atomic mass is 15.1. The summed E-state index contributed by atoms with van der Waals surface area (Å²) in [5, 5.41) is 3.22. The number of hydrogen-bond donors (Lipinski definition) is 1. The van der Waals surface area contributed by atoms with Crippen LogP contribution in [-0.2, 0) is 13.1 Å². The molecule has 0 aliphatic heterocycles. The van der Waals surface area contributed by atoms with Crippen LogP contribution in [0.25, 0.3) is 0 Å². The number of rotatable bonds is 7. The minimum atomic E-state index is 0.638. The average molecular weight is 246 g/mol. The lowest BCUT2D eigenvalue weighted by molar-refractivity contribution is 0.204. The topological polar surface area (TPSA) is 15.3 Å². The van der Waals surface area contributed by atoms with Gasteiger partial charge in [0.15, 0.2) is 0 Å². The molecular weight excluding hydrogens is 220 g/mol. The fraction of sp³-hybridized carbons (Fsp3) is 0.625. The van der Waals surface area contributed by atoms with Crippen molar-refractivity contribution in [2.24, 2.45) is 5.92 Å². The molecule has 1 fully saturated rings. The molecule has 2 heteroatoms. The Morgan fingerprint density at radius 2 is 2.00 bits per heavy atom. The summed E-state index contributed by atoms with van der Waals surface area (Å²) in [6.45, 7) is 7.93. The van der Waals surface area contributed by atoms with E-state index in [0.717, 1.165) is 19.0 Å². The summed E-state index contributed by atoms with van der Waals surface area (Å²) >= 11 is 0. The maximum Gasteiger partial charge on any atom is 0.0236 e. The molecule has 0 bridgehead atoms. The Balaban J connectivity index is 1.98. The molecule has 0 radical (unpaired) electrons. The Bertz CT molecular complexity index is 369. The average Bonchev–Trinajstić information content (AvgIpc) is 3.13. The first-order valence-corrected chi connectivity index (χ1v) is 7.15. The summed E-state index contributed by atoms with van der Waals surface area (Å²) in [4.78, 5) is 2.61. The van der Waals surface area contributed by atoms with Crippen molar-refractivity contribution in [2.45, 2.75) is 45.8 Å². The van der Waals surface area contributed by atoms with Crippen LogP contribution in [0.3, 0.4) is 0 Å². The molecule has 0 spiro atoms. The Morgan fingerprint density at radius 3 is 2.61 bits per heavy atom. The number of hydrogen-bond acceptors (Lipinski definition) is 2. The van der Waals surface area contributed by atoms with Gasteiger partial charge < -0.3 is 5.32 Å². The first-order valence-electron chi connectivity index (χ1n) is 7.15. The zero-order valence-electron chi connectivity index (χ0n) is 11.9. The normalized spacial score (nSPS) is 15.6. The molecule has 0 heterocycles. The molecule has 2 rings (SSSR count). The van der Waals surface area contributed by atoms with Gasteiger partial charge >= 0.3 is 0 Å².